The van der Waals surface area contributed by atoms with E-state index in [2.05, 4.69) is 20.2 Å². The van der Waals surface area contributed by atoms with Gasteiger partial charge in [-0.2, -0.15) is 5.10 Å². The molecule has 7 nitrogen and oxygen atoms in total. The number of aromatic nitrogens is 2. The minimum Gasteiger partial charge on any atom is -0.465 e. The summed E-state index contributed by atoms with van der Waals surface area (Å²) < 4.78 is 6.60. The highest BCUT2D eigenvalue weighted by Crippen LogP contribution is 2.22. The molecule has 0 saturated heterocycles. The van der Waals surface area contributed by atoms with Crippen molar-refractivity contribution in [2.45, 2.75) is 5.16 Å². The fraction of sp³-hybridized carbons (Fsp3) is 0.158. The number of nitrogens with one attached hydrogen (secondary N) is 1. The molecule has 1 amide bonds. The Balaban J connectivity index is 1.52. The number of ether oxygens (including phenoxy) is 1. The lowest BCUT2D eigenvalue weighted by Gasteiger charge is -2.02. The largest absolute Gasteiger partial charge is 0.465 e. The van der Waals surface area contributed by atoms with E-state index in [-0.39, 0.29) is 11.7 Å². The molecule has 27 heavy (non-hydrogen) atoms. The Kier molecular flexibility index (Phi) is 5.87. The lowest BCUT2D eigenvalue weighted by Crippen LogP contribution is -2.19. The third-order valence-corrected chi connectivity index (χ3v) is 4.84. The van der Waals surface area contributed by atoms with Crippen LogP contribution in [0.3, 0.4) is 0 Å². The van der Waals surface area contributed by atoms with Crippen molar-refractivity contribution in [3.63, 3.8) is 0 Å². The molecular weight excluding hydrogens is 364 g/mol. The van der Waals surface area contributed by atoms with E-state index in [1.54, 1.807) is 24.3 Å². The molecule has 3 rings (SSSR count). The van der Waals surface area contributed by atoms with Crippen LogP contribution in [0.25, 0.3) is 11.0 Å². The molecule has 0 fully saturated rings. The van der Waals surface area contributed by atoms with Gasteiger partial charge >= 0.3 is 5.97 Å². The van der Waals surface area contributed by atoms with Gasteiger partial charge in [0.25, 0.3) is 5.91 Å². The number of benzene rings is 2. The van der Waals surface area contributed by atoms with Crippen LogP contribution in [0.2, 0.25) is 0 Å². The van der Waals surface area contributed by atoms with Crippen molar-refractivity contribution < 1.29 is 14.3 Å². The number of carbonyl (C=O) groups excluding carboxylic acids is 2. The summed E-state index contributed by atoms with van der Waals surface area (Å²) in [5.41, 5.74) is 5.62. The highest BCUT2D eigenvalue weighted by Gasteiger charge is 2.10. The van der Waals surface area contributed by atoms with Gasteiger partial charge in [-0.05, 0) is 29.8 Å². The second-order valence-corrected chi connectivity index (χ2v) is 6.58. The highest BCUT2D eigenvalue weighted by atomic mass is 32.2. The first-order valence-corrected chi connectivity index (χ1v) is 9.11. The number of nitrogens with zero attached hydrogens (tertiary/aromatic N) is 3. The monoisotopic (exact) mass is 382 g/mol. The number of fused-ring (bicyclic) bond motifs is 1. The first-order valence-electron chi connectivity index (χ1n) is 8.13. The van der Waals surface area contributed by atoms with E-state index in [0.717, 1.165) is 21.8 Å². The SMILES string of the molecule is COC(=O)c1ccc(/C=N\NC(=O)CSc2nc3ccccc3n2C)cc1. The molecule has 8 heteroatoms. The Hall–Kier alpha value is -3.13. The molecule has 138 valence electrons. The number of hydrazone groups is 1. The van der Waals surface area contributed by atoms with Gasteiger partial charge in [0, 0.05) is 7.05 Å². The molecular formula is C19H18N4O3S. The smallest absolute Gasteiger partial charge is 0.337 e. The molecule has 1 N–H and O–H groups in total. The van der Waals surface area contributed by atoms with Gasteiger partial charge in [-0.3, -0.25) is 4.79 Å². The predicted molar refractivity (Wildman–Crippen MR) is 105 cm³/mol. The number of carbonyl (C=O) groups is 2. The van der Waals surface area contributed by atoms with Crippen molar-refractivity contribution in [1.29, 1.82) is 0 Å². The predicted octanol–water partition coefficient (Wildman–Crippen LogP) is 2.60. The number of hydrogen-bond acceptors (Lipinski definition) is 6. The number of rotatable bonds is 6. The molecule has 0 aliphatic rings. The third kappa shape index (κ3) is 4.53. The Bertz CT molecular complexity index is 996. The Morgan fingerprint density at radius 1 is 1.22 bits per heavy atom. The molecule has 3 aromatic rings. The van der Waals surface area contributed by atoms with Crippen LogP contribution in [0.15, 0.2) is 58.8 Å². The molecule has 0 radical (unpaired) electrons. The molecule has 0 bridgehead atoms. The lowest BCUT2D eigenvalue weighted by molar-refractivity contribution is -0.118. The normalized spacial score (nSPS) is 11.0. The molecule has 2 aromatic carbocycles. The van der Waals surface area contributed by atoms with Gasteiger partial charge in [0.15, 0.2) is 5.16 Å². The van der Waals surface area contributed by atoms with Gasteiger partial charge in [0.1, 0.15) is 0 Å². The number of imidazole rings is 1. The van der Waals surface area contributed by atoms with Crippen LogP contribution in [-0.2, 0) is 16.6 Å². The Morgan fingerprint density at radius 3 is 2.67 bits per heavy atom. The van der Waals surface area contributed by atoms with Crippen LogP contribution >= 0.6 is 11.8 Å². The topological polar surface area (TPSA) is 85.6 Å². The zero-order chi connectivity index (χ0) is 19.2. The zero-order valence-corrected chi connectivity index (χ0v) is 15.7. The number of hydrogen-bond donors (Lipinski definition) is 1. The van der Waals surface area contributed by atoms with E-state index in [4.69, 9.17) is 0 Å². The zero-order valence-electron chi connectivity index (χ0n) is 14.9. The van der Waals surface area contributed by atoms with E-state index >= 15 is 0 Å². The minimum atomic E-state index is -0.397. The fourth-order valence-corrected chi connectivity index (χ4v) is 3.20. The van der Waals surface area contributed by atoms with Crippen molar-refractivity contribution in [1.82, 2.24) is 15.0 Å². The number of methoxy groups -OCH3 is 1. The second-order valence-electron chi connectivity index (χ2n) is 5.64. The van der Waals surface area contributed by atoms with Crippen LogP contribution in [-0.4, -0.2) is 40.5 Å². The summed E-state index contributed by atoms with van der Waals surface area (Å²) in [4.78, 5) is 27.9. The maximum Gasteiger partial charge on any atom is 0.337 e. The average Bonchev–Trinajstić information content (AvgIpc) is 3.02. The molecule has 0 aliphatic heterocycles. The van der Waals surface area contributed by atoms with Gasteiger partial charge in [-0.15, -0.1) is 0 Å². The molecule has 0 atom stereocenters. The minimum absolute atomic E-state index is 0.204. The summed E-state index contributed by atoms with van der Waals surface area (Å²) >= 11 is 1.35. The summed E-state index contributed by atoms with van der Waals surface area (Å²) in [5, 5.41) is 4.70. The first-order chi connectivity index (χ1) is 13.1. The molecule has 0 unspecified atom stereocenters. The summed E-state index contributed by atoms with van der Waals surface area (Å²) in [5.74, 6) is -0.421. The van der Waals surface area contributed by atoms with Gasteiger partial charge in [0.05, 0.1) is 35.7 Å². The van der Waals surface area contributed by atoms with Crippen LogP contribution in [0.4, 0.5) is 0 Å². The summed E-state index contributed by atoms with van der Waals surface area (Å²) in [7, 11) is 3.25. The molecule has 0 spiro atoms. The lowest BCUT2D eigenvalue weighted by atomic mass is 10.1. The number of aryl methyl sites for hydroxylation is 1. The summed E-state index contributed by atoms with van der Waals surface area (Å²) in [6, 6.07) is 14.5. The van der Waals surface area contributed by atoms with Gasteiger partial charge in [0.2, 0.25) is 0 Å². The number of para-hydroxylation sites is 2. The van der Waals surface area contributed by atoms with Gasteiger partial charge in [-0.25, -0.2) is 15.2 Å². The molecule has 1 aromatic heterocycles. The van der Waals surface area contributed by atoms with Crippen molar-refractivity contribution in [2.75, 3.05) is 12.9 Å². The summed E-state index contributed by atoms with van der Waals surface area (Å²) in [6.45, 7) is 0. The third-order valence-electron chi connectivity index (χ3n) is 3.81. The standard InChI is InChI=1S/C19H18N4O3S/c1-23-16-6-4-3-5-15(16)21-19(23)27-12-17(24)22-20-11-13-7-9-14(10-8-13)18(25)26-2/h3-11H,12H2,1-2H3,(H,22,24)/b20-11-. The molecule has 1 heterocycles. The quantitative estimate of drug-likeness (QED) is 0.307. The van der Waals surface area contributed by atoms with E-state index in [9.17, 15) is 9.59 Å². The van der Waals surface area contributed by atoms with Crippen molar-refractivity contribution in [3.05, 3.63) is 59.7 Å². The maximum atomic E-state index is 12.0. The van der Waals surface area contributed by atoms with Crippen LogP contribution in [0.1, 0.15) is 15.9 Å². The van der Waals surface area contributed by atoms with E-state index in [1.165, 1.54) is 25.1 Å². The van der Waals surface area contributed by atoms with E-state index in [1.807, 2.05) is 35.9 Å². The second kappa shape index (κ2) is 8.50. The van der Waals surface area contributed by atoms with Crippen molar-refractivity contribution in [2.24, 2.45) is 12.1 Å². The number of thioether (sulfide) groups is 1. The number of amides is 1. The Morgan fingerprint density at radius 2 is 1.96 bits per heavy atom. The molecule has 0 saturated carbocycles. The number of esters is 1. The van der Waals surface area contributed by atoms with E-state index in [0.29, 0.717) is 5.56 Å². The van der Waals surface area contributed by atoms with Crippen LogP contribution in [0.5, 0.6) is 0 Å². The van der Waals surface area contributed by atoms with E-state index < -0.39 is 5.97 Å². The van der Waals surface area contributed by atoms with Crippen molar-refractivity contribution >= 4 is 40.9 Å². The van der Waals surface area contributed by atoms with Crippen LogP contribution in [0, 0.1) is 0 Å². The van der Waals surface area contributed by atoms with Crippen LogP contribution < -0.4 is 5.43 Å². The maximum absolute atomic E-state index is 12.0. The van der Waals surface area contributed by atoms with Gasteiger partial charge in [-0.1, -0.05) is 36.0 Å². The molecule has 0 aliphatic carbocycles. The fourth-order valence-electron chi connectivity index (χ4n) is 2.42. The van der Waals surface area contributed by atoms with Crippen molar-refractivity contribution in [3.8, 4) is 0 Å². The Labute approximate surface area is 160 Å². The average molecular weight is 382 g/mol. The first kappa shape index (κ1) is 18.7. The highest BCUT2D eigenvalue weighted by molar-refractivity contribution is 7.99. The van der Waals surface area contributed by atoms with Gasteiger partial charge < -0.3 is 9.30 Å². The summed E-state index contributed by atoms with van der Waals surface area (Å²) in [6.07, 6.45) is 1.51.